The van der Waals surface area contributed by atoms with Crippen molar-refractivity contribution in [3.05, 3.63) is 47.5 Å². The Labute approximate surface area is 142 Å². The first-order chi connectivity index (χ1) is 11.5. The number of aliphatic hydroxyl groups excluding tert-OH is 1. The van der Waals surface area contributed by atoms with Gasteiger partial charge in [-0.25, -0.2) is 9.37 Å². The van der Waals surface area contributed by atoms with Crippen LogP contribution in [0, 0.1) is 19.7 Å². The van der Waals surface area contributed by atoms with Gasteiger partial charge in [0.2, 0.25) is 0 Å². The average Bonchev–Trinajstić information content (AvgIpc) is 2.95. The summed E-state index contributed by atoms with van der Waals surface area (Å²) >= 11 is 1.35. The van der Waals surface area contributed by atoms with Crippen molar-refractivity contribution in [3.63, 3.8) is 0 Å². The lowest BCUT2D eigenvalue weighted by Gasteiger charge is -2.12. The summed E-state index contributed by atoms with van der Waals surface area (Å²) in [6, 6.07) is 8.05. The van der Waals surface area contributed by atoms with Gasteiger partial charge in [0.15, 0.2) is 16.7 Å². The zero-order chi connectivity index (χ0) is 17.1. The number of para-hydroxylation sites is 1. The highest BCUT2D eigenvalue weighted by Crippen LogP contribution is 2.20. The summed E-state index contributed by atoms with van der Waals surface area (Å²) < 4.78 is 20.6. The first-order valence-corrected chi connectivity index (χ1v) is 8.40. The van der Waals surface area contributed by atoms with Gasteiger partial charge in [-0.3, -0.25) is 4.40 Å². The highest BCUT2D eigenvalue weighted by Gasteiger charge is 2.14. The van der Waals surface area contributed by atoms with Gasteiger partial charge in [0.05, 0.1) is 6.10 Å². The second-order valence-electron chi connectivity index (χ2n) is 5.36. The molecule has 0 radical (unpaired) electrons. The Morgan fingerprint density at radius 2 is 2.08 bits per heavy atom. The van der Waals surface area contributed by atoms with Gasteiger partial charge in [0, 0.05) is 17.1 Å². The van der Waals surface area contributed by atoms with E-state index in [4.69, 9.17) is 4.74 Å². The van der Waals surface area contributed by atoms with E-state index in [1.165, 1.54) is 23.9 Å². The summed E-state index contributed by atoms with van der Waals surface area (Å²) in [6.45, 7) is 3.85. The lowest BCUT2D eigenvalue weighted by Crippen LogP contribution is -2.20. The lowest BCUT2D eigenvalue weighted by molar-refractivity contribution is 0.123. The molecule has 3 rings (SSSR count). The Morgan fingerprint density at radius 1 is 1.29 bits per heavy atom. The minimum absolute atomic E-state index is 0.00100. The molecule has 3 aromatic rings. The van der Waals surface area contributed by atoms with E-state index < -0.39 is 11.9 Å². The number of aliphatic hydroxyl groups is 1. The van der Waals surface area contributed by atoms with Gasteiger partial charge < -0.3 is 9.84 Å². The SMILES string of the molecule is Cc1cc(C)n2c(SC[C@H](O)COc3ccccc3F)nnc2n1. The second kappa shape index (κ2) is 7.14. The maximum Gasteiger partial charge on any atom is 0.256 e. The number of thioether (sulfide) groups is 1. The van der Waals surface area contributed by atoms with Crippen LogP contribution in [0.1, 0.15) is 11.4 Å². The maximum absolute atomic E-state index is 13.5. The molecule has 0 saturated heterocycles. The number of hydrogen-bond donors (Lipinski definition) is 1. The second-order valence-corrected chi connectivity index (χ2v) is 6.35. The van der Waals surface area contributed by atoms with Crippen molar-refractivity contribution in [1.82, 2.24) is 19.6 Å². The van der Waals surface area contributed by atoms with Crippen molar-refractivity contribution in [2.45, 2.75) is 25.1 Å². The van der Waals surface area contributed by atoms with E-state index in [9.17, 15) is 9.50 Å². The fourth-order valence-corrected chi connectivity index (χ4v) is 3.15. The van der Waals surface area contributed by atoms with Crippen molar-refractivity contribution in [2.75, 3.05) is 12.4 Å². The molecule has 8 heteroatoms. The van der Waals surface area contributed by atoms with E-state index in [2.05, 4.69) is 15.2 Å². The molecule has 2 aromatic heterocycles. The van der Waals surface area contributed by atoms with Crippen molar-refractivity contribution in [2.24, 2.45) is 0 Å². The summed E-state index contributed by atoms with van der Waals surface area (Å²) in [5.41, 5.74) is 1.85. The van der Waals surface area contributed by atoms with Gasteiger partial charge in [-0.15, -0.1) is 10.2 Å². The normalized spacial score (nSPS) is 12.5. The Morgan fingerprint density at radius 3 is 2.88 bits per heavy atom. The summed E-state index contributed by atoms with van der Waals surface area (Å²) in [4.78, 5) is 4.32. The predicted molar refractivity (Wildman–Crippen MR) is 88.9 cm³/mol. The van der Waals surface area contributed by atoms with Gasteiger partial charge in [0.25, 0.3) is 5.78 Å². The van der Waals surface area contributed by atoms with E-state index >= 15 is 0 Å². The summed E-state index contributed by atoms with van der Waals surface area (Å²) in [5, 5.41) is 18.8. The molecule has 0 fully saturated rings. The molecular formula is C16H17FN4O2S. The van der Waals surface area contributed by atoms with Crippen LogP contribution >= 0.6 is 11.8 Å². The number of benzene rings is 1. The number of rotatable bonds is 6. The molecule has 0 spiro atoms. The summed E-state index contributed by atoms with van der Waals surface area (Å²) in [6.07, 6.45) is -0.763. The molecule has 0 saturated carbocycles. The van der Waals surface area contributed by atoms with Gasteiger partial charge in [0.1, 0.15) is 6.61 Å². The van der Waals surface area contributed by atoms with Crippen LogP contribution in [-0.4, -0.2) is 43.2 Å². The Hall–Kier alpha value is -2.19. The number of aryl methyl sites for hydroxylation is 2. The van der Waals surface area contributed by atoms with Crippen LogP contribution in [0.4, 0.5) is 4.39 Å². The van der Waals surface area contributed by atoms with Crippen LogP contribution < -0.4 is 4.74 Å². The Kier molecular flexibility index (Phi) is 4.96. The highest BCUT2D eigenvalue weighted by molar-refractivity contribution is 7.99. The van der Waals surface area contributed by atoms with Crippen molar-refractivity contribution in [3.8, 4) is 5.75 Å². The first kappa shape index (κ1) is 16.7. The average molecular weight is 348 g/mol. The maximum atomic E-state index is 13.5. The summed E-state index contributed by atoms with van der Waals surface area (Å²) in [5.74, 6) is 0.567. The van der Waals surface area contributed by atoms with E-state index in [1.54, 1.807) is 12.1 Å². The number of aromatic nitrogens is 4. The van der Waals surface area contributed by atoms with Gasteiger partial charge in [-0.05, 0) is 32.0 Å². The Balaban J connectivity index is 1.61. The fraction of sp³-hybridized carbons (Fsp3) is 0.312. The van der Waals surface area contributed by atoms with E-state index in [1.807, 2.05) is 24.3 Å². The monoisotopic (exact) mass is 348 g/mol. The smallest absolute Gasteiger partial charge is 0.256 e. The van der Waals surface area contributed by atoms with Crippen LogP contribution in [0.25, 0.3) is 5.78 Å². The molecule has 0 amide bonds. The third-order valence-corrected chi connectivity index (χ3v) is 4.41. The number of hydrogen-bond acceptors (Lipinski definition) is 6. The minimum Gasteiger partial charge on any atom is -0.488 e. The van der Waals surface area contributed by atoms with Crippen LogP contribution in [0.2, 0.25) is 0 Å². The zero-order valence-electron chi connectivity index (χ0n) is 13.3. The third-order valence-electron chi connectivity index (χ3n) is 3.34. The molecule has 126 valence electrons. The molecule has 1 aromatic carbocycles. The zero-order valence-corrected chi connectivity index (χ0v) is 14.1. The minimum atomic E-state index is -0.763. The molecule has 0 aliphatic carbocycles. The number of nitrogens with zero attached hydrogens (tertiary/aromatic N) is 4. The van der Waals surface area contributed by atoms with Crippen LogP contribution in [0.3, 0.4) is 0 Å². The predicted octanol–water partition coefficient (Wildman–Crippen LogP) is 2.41. The quantitative estimate of drug-likeness (QED) is 0.690. The third kappa shape index (κ3) is 3.65. The molecule has 2 heterocycles. The fourth-order valence-electron chi connectivity index (χ4n) is 2.26. The van der Waals surface area contributed by atoms with E-state index in [-0.39, 0.29) is 12.4 Å². The Bertz CT molecular complexity index is 855. The summed E-state index contributed by atoms with van der Waals surface area (Å²) in [7, 11) is 0. The molecule has 0 aliphatic rings. The highest BCUT2D eigenvalue weighted by atomic mass is 32.2. The molecule has 0 bridgehead atoms. The number of ether oxygens (including phenoxy) is 1. The molecule has 1 N–H and O–H groups in total. The lowest BCUT2D eigenvalue weighted by atomic mass is 10.3. The van der Waals surface area contributed by atoms with Gasteiger partial charge in [-0.2, -0.15) is 0 Å². The number of halogens is 1. The molecular weight excluding hydrogens is 331 g/mol. The molecule has 24 heavy (non-hydrogen) atoms. The molecule has 0 aliphatic heterocycles. The van der Waals surface area contributed by atoms with E-state index in [0.717, 1.165) is 11.4 Å². The molecule has 6 nitrogen and oxygen atoms in total. The topological polar surface area (TPSA) is 72.5 Å². The molecule has 0 unspecified atom stereocenters. The van der Waals surface area contributed by atoms with Crippen LogP contribution in [0.5, 0.6) is 5.75 Å². The van der Waals surface area contributed by atoms with E-state index in [0.29, 0.717) is 16.7 Å². The van der Waals surface area contributed by atoms with Crippen LogP contribution in [-0.2, 0) is 0 Å². The van der Waals surface area contributed by atoms with Crippen molar-refractivity contribution in [1.29, 1.82) is 0 Å². The van der Waals surface area contributed by atoms with Gasteiger partial charge >= 0.3 is 0 Å². The largest absolute Gasteiger partial charge is 0.488 e. The molecule has 1 atom stereocenters. The van der Waals surface area contributed by atoms with Crippen molar-refractivity contribution < 1.29 is 14.2 Å². The standard InChI is InChI=1S/C16H17FN4O2S/c1-10-7-11(2)21-15(18-10)19-20-16(21)24-9-12(22)8-23-14-6-4-3-5-13(14)17/h3-7,12,22H,8-9H2,1-2H3/t12-/m1/s1. The van der Waals surface area contributed by atoms with Gasteiger partial charge in [-0.1, -0.05) is 23.9 Å². The first-order valence-electron chi connectivity index (χ1n) is 7.42. The van der Waals surface area contributed by atoms with Crippen molar-refractivity contribution >= 4 is 17.5 Å². The van der Waals surface area contributed by atoms with Crippen LogP contribution in [0.15, 0.2) is 35.5 Å². The number of fused-ring (bicyclic) bond motifs is 1.